The van der Waals surface area contributed by atoms with Crippen molar-refractivity contribution in [1.82, 2.24) is 4.98 Å². The van der Waals surface area contributed by atoms with Crippen molar-refractivity contribution >= 4 is 10.9 Å². The summed E-state index contributed by atoms with van der Waals surface area (Å²) < 4.78 is 5.86. The molecule has 1 N–H and O–H groups in total. The van der Waals surface area contributed by atoms with Crippen LogP contribution in [-0.4, -0.2) is 10.1 Å². The maximum absolute atomic E-state index is 9.72. The van der Waals surface area contributed by atoms with E-state index in [0.29, 0.717) is 17.2 Å². The monoisotopic (exact) mass is 265 g/mol. The normalized spacial score (nSPS) is 10.7. The number of hydrogen-bond acceptors (Lipinski definition) is 3. The standard InChI is InChI=1S/C17H15NO2/c1-11-10-13-6-3-4-7-14(13)18-17(11)20-16-9-5-8-15(19)12(16)2/h3-10,19H,1-2H3. The molecule has 0 saturated heterocycles. The summed E-state index contributed by atoms with van der Waals surface area (Å²) >= 11 is 0. The van der Waals surface area contributed by atoms with Gasteiger partial charge in [-0.3, -0.25) is 0 Å². The molecular weight excluding hydrogens is 250 g/mol. The fourth-order valence-corrected chi connectivity index (χ4v) is 2.12. The molecule has 1 aromatic heterocycles. The first-order valence-electron chi connectivity index (χ1n) is 6.48. The molecule has 2 aromatic carbocycles. The molecule has 0 aliphatic heterocycles. The number of ether oxygens (including phenoxy) is 1. The number of pyridine rings is 1. The second kappa shape index (κ2) is 4.85. The third-order valence-corrected chi connectivity index (χ3v) is 3.33. The van der Waals surface area contributed by atoms with E-state index in [1.165, 1.54) is 0 Å². The molecule has 0 atom stereocenters. The van der Waals surface area contributed by atoms with E-state index in [1.807, 2.05) is 44.2 Å². The fraction of sp³-hybridized carbons (Fsp3) is 0.118. The third-order valence-electron chi connectivity index (χ3n) is 3.33. The molecule has 100 valence electrons. The highest BCUT2D eigenvalue weighted by molar-refractivity contribution is 5.80. The Labute approximate surface area is 117 Å². The van der Waals surface area contributed by atoms with Gasteiger partial charge in [0.25, 0.3) is 0 Å². The number of fused-ring (bicyclic) bond motifs is 1. The smallest absolute Gasteiger partial charge is 0.222 e. The van der Waals surface area contributed by atoms with Crippen LogP contribution in [0.5, 0.6) is 17.4 Å². The summed E-state index contributed by atoms with van der Waals surface area (Å²) in [4.78, 5) is 4.54. The first kappa shape index (κ1) is 12.5. The number of rotatable bonds is 2. The van der Waals surface area contributed by atoms with Crippen LogP contribution in [0.1, 0.15) is 11.1 Å². The van der Waals surface area contributed by atoms with Crippen molar-refractivity contribution in [2.45, 2.75) is 13.8 Å². The minimum atomic E-state index is 0.223. The van der Waals surface area contributed by atoms with E-state index in [1.54, 1.807) is 12.1 Å². The minimum absolute atomic E-state index is 0.223. The van der Waals surface area contributed by atoms with Crippen LogP contribution >= 0.6 is 0 Å². The predicted octanol–water partition coefficient (Wildman–Crippen LogP) is 4.35. The molecule has 3 aromatic rings. The molecule has 0 fully saturated rings. The van der Waals surface area contributed by atoms with Gasteiger partial charge in [0.15, 0.2) is 0 Å². The van der Waals surface area contributed by atoms with Gasteiger partial charge in [0, 0.05) is 16.5 Å². The molecule has 0 spiro atoms. The van der Waals surface area contributed by atoms with E-state index in [0.717, 1.165) is 16.5 Å². The number of aryl methyl sites for hydroxylation is 1. The van der Waals surface area contributed by atoms with Crippen LogP contribution in [-0.2, 0) is 0 Å². The van der Waals surface area contributed by atoms with Crippen molar-refractivity contribution in [2.75, 3.05) is 0 Å². The summed E-state index contributed by atoms with van der Waals surface area (Å²) in [7, 11) is 0. The van der Waals surface area contributed by atoms with Crippen LogP contribution < -0.4 is 4.74 Å². The average molecular weight is 265 g/mol. The van der Waals surface area contributed by atoms with E-state index >= 15 is 0 Å². The fourth-order valence-electron chi connectivity index (χ4n) is 2.12. The Morgan fingerprint density at radius 1 is 1.00 bits per heavy atom. The van der Waals surface area contributed by atoms with Crippen molar-refractivity contribution < 1.29 is 9.84 Å². The molecule has 20 heavy (non-hydrogen) atoms. The first-order chi connectivity index (χ1) is 9.65. The van der Waals surface area contributed by atoms with Crippen LogP contribution in [0.2, 0.25) is 0 Å². The Bertz CT molecular complexity index is 781. The number of aromatic hydroxyl groups is 1. The molecule has 3 rings (SSSR count). The lowest BCUT2D eigenvalue weighted by molar-refractivity contribution is 0.438. The number of phenols is 1. The molecule has 0 bridgehead atoms. The predicted molar refractivity (Wildman–Crippen MR) is 79.4 cm³/mol. The lowest BCUT2D eigenvalue weighted by Crippen LogP contribution is -1.94. The van der Waals surface area contributed by atoms with Crippen LogP contribution in [0.15, 0.2) is 48.5 Å². The van der Waals surface area contributed by atoms with Gasteiger partial charge in [-0.15, -0.1) is 0 Å². The van der Waals surface area contributed by atoms with Gasteiger partial charge in [0.2, 0.25) is 5.88 Å². The van der Waals surface area contributed by atoms with E-state index in [-0.39, 0.29) is 5.75 Å². The Morgan fingerprint density at radius 3 is 2.65 bits per heavy atom. The van der Waals surface area contributed by atoms with Crippen LogP contribution in [0.25, 0.3) is 10.9 Å². The van der Waals surface area contributed by atoms with Gasteiger partial charge in [-0.25, -0.2) is 4.98 Å². The lowest BCUT2D eigenvalue weighted by Gasteiger charge is -2.11. The van der Waals surface area contributed by atoms with Crippen molar-refractivity contribution in [3.8, 4) is 17.4 Å². The van der Waals surface area contributed by atoms with Gasteiger partial charge in [-0.1, -0.05) is 24.3 Å². The molecule has 0 aliphatic rings. The summed E-state index contributed by atoms with van der Waals surface area (Å²) in [5.41, 5.74) is 2.57. The summed E-state index contributed by atoms with van der Waals surface area (Å²) in [6.07, 6.45) is 0. The minimum Gasteiger partial charge on any atom is -0.508 e. The van der Waals surface area contributed by atoms with Crippen molar-refractivity contribution in [3.63, 3.8) is 0 Å². The molecule has 0 saturated carbocycles. The summed E-state index contributed by atoms with van der Waals surface area (Å²) in [6.45, 7) is 3.79. The largest absolute Gasteiger partial charge is 0.508 e. The Kier molecular flexibility index (Phi) is 3.03. The van der Waals surface area contributed by atoms with Gasteiger partial charge < -0.3 is 9.84 Å². The zero-order chi connectivity index (χ0) is 14.1. The highest BCUT2D eigenvalue weighted by atomic mass is 16.5. The number of nitrogens with zero attached hydrogens (tertiary/aromatic N) is 1. The molecule has 3 nitrogen and oxygen atoms in total. The van der Waals surface area contributed by atoms with E-state index < -0.39 is 0 Å². The number of para-hydroxylation sites is 1. The molecule has 3 heteroatoms. The quantitative estimate of drug-likeness (QED) is 0.749. The summed E-state index contributed by atoms with van der Waals surface area (Å²) in [6, 6.07) is 15.2. The van der Waals surface area contributed by atoms with Gasteiger partial charge in [0.1, 0.15) is 11.5 Å². The Balaban J connectivity index is 2.06. The summed E-state index contributed by atoms with van der Waals surface area (Å²) in [5.74, 6) is 1.41. The summed E-state index contributed by atoms with van der Waals surface area (Å²) in [5, 5.41) is 10.8. The molecular formula is C17H15NO2. The van der Waals surface area contributed by atoms with Gasteiger partial charge in [0.05, 0.1) is 5.52 Å². The van der Waals surface area contributed by atoms with Gasteiger partial charge in [-0.05, 0) is 38.1 Å². The molecule has 1 heterocycles. The number of hydrogen-bond donors (Lipinski definition) is 1. The lowest BCUT2D eigenvalue weighted by atomic mass is 10.1. The van der Waals surface area contributed by atoms with E-state index in [9.17, 15) is 5.11 Å². The number of benzene rings is 2. The molecule has 0 unspecified atom stereocenters. The van der Waals surface area contributed by atoms with Crippen LogP contribution in [0.3, 0.4) is 0 Å². The Morgan fingerprint density at radius 2 is 1.80 bits per heavy atom. The number of phenolic OH excluding ortho intramolecular Hbond substituents is 1. The molecule has 0 amide bonds. The first-order valence-corrected chi connectivity index (χ1v) is 6.48. The van der Waals surface area contributed by atoms with Gasteiger partial charge in [-0.2, -0.15) is 0 Å². The van der Waals surface area contributed by atoms with E-state index in [4.69, 9.17) is 4.74 Å². The maximum Gasteiger partial charge on any atom is 0.222 e. The topological polar surface area (TPSA) is 42.4 Å². The van der Waals surface area contributed by atoms with Crippen LogP contribution in [0.4, 0.5) is 0 Å². The average Bonchev–Trinajstić information content (AvgIpc) is 2.44. The molecule has 0 aliphatic carbocycles. The highest BCUT2D eigenvalue weighted by Gasteiger charge is 2.09. The third kappa shape index (κ3) is 2.18. The van der Waals surface area contributed by atoms with Crippen LogP contribution in [0, 0.1) is 13.8 Å². The van der Waals surface area contributed by atoms with E-state index in [2.05, 4.69) is 11.1 Å². The zero-order valence-corrected chi connectivity index (χ0v) is 11.4. The van der Waals surface area contributed by atoms with Crippen molar-refractivity contribution in [2.24, 2.45) is 0 Å². The second-order valence-electron chi connectivity index (χ2n) is 4.81. The maximum atomic E-state index is 9.72. The second-order valence-corrected chi connectivity index (χ2v) is 4.81. The van der Waals surface area contributed by atoms with Crippen molar-refractivity contribution in [3.05, 3.63) is 59.7 Å². The zero-order valence-electron chi connectivity index (χ0n) is 11.4. The highest BCUT2D eigenvalue weighted by Crippen LogP contribution is 2.31. The molecule has 0 radical (unpaired) electrons. The Hall–Kier alpha value is -2.55. The van der Waals surface area contributed by atoms with Crippen molar-refractivity contribution in [1.29, 1.82) is 0 Å². The van der Waals surface area contributed by atoms with Gasteiger partial charge >= 0.3 is 0 Å². The number of aromatic nitrogens is 1. The SMILES string of the molecule is Cc1cc2ccccc2nc1Oc1cccc(O)c1C.